The van der Waals surface area contributed by atoms with Gasteiger partial charge in [0.15, 0.2) is 12.4 Å². The number of ether oxygens (including phenoxy) is 1. The van der Waals surface area contributed by atoms with Crippen LogP contribution in [0.4, 0.5) is 5.69 Å². The molecule has 0 spiro atoms. The summed E-state index contributed by atoms with van der Waals surface area (Å²) in [6, 6.07) is 13.8. The molecular formula is C19H17N3O4. The number of amides is 1. The second-order valence-corrected chi connectivity index (χ2v) is 5.64. The zero-order valence-electron chi connectivity index (χ0n) is 14.4. The van der Waals surface area contributed by atoms with Crippen LogP contribution in [-0.2, 0) is 4.79 Å². The molecule has 7 nitrogen and oxygen atoms in total. The third-order valence-corrected chi connectivity index (χ3v) is 3.56. The van der Waals surface area contributed by atoms with Gasteiger partial charge in [0, 0.05) is 23.7 Å². The molecular weight excluding hydrogens is 334 g/mol. The average Bonchev–Trinajstić information content (AvgIpc) is 3.07. The summed E-state index contributed by atoms with van der Waals surface area (Å²) in [7, 11) is 0. The van der Waals surface area contributed by atoms with E-state index in [-0.39, 0.29) is 18.3 Å². The number of aryl methyl sites for hydroxylation is 1. The topological polar surface area (TPSA) is 94.3 Å². The number of nitrogens with zero attached hydrogens (tertiary/aromatic N) is 2. The van der Waals surface area contributed by atoms with E-state index in [1.807, 2.05) is 0 Å². The smallest absolute Gasteiger partial charge is 0.262 e. The van der Waals surface area contributed by atoms with Gasteiger partial charge in [-0.1, -0.05) is 17.3 Å². The van der Waals surface area contributed by atoms with Gasteiger partial charge in [-0.25, -0.2) is 0 Å². The van der Waals surface area contributed by atoms with Crippen molar-refractivity contribution in [2.45, 2.75) is 13.8 Å². The lowest BCUT2D eigenvalue weighted by Gasteiger charge is -2.08. The Morgan fingerprint density at radius 2 is 1.92 bits per heavy atom. The van der Waals surface area contributed by atoms with Crippen LogP contribution >= 0.6 is 0 Å². The van der Waals surface area contributed by atoms with E-state index in [9.17, 15) is 9.59 Å². The van der Waals surface area contributed by atoms with E-state index in [1.165, 1.54) is 6.92 Å². The molecule has 0 bridgehead atoms. The molecule has 0 fully saturated rings. The van der Waals surface area contributed by atoms with Crippen LogP contribution in [0.3, 0.4) is 0 Å². The highest BCUT2D eigenvalue weighted by Gasteiger charge is 2.08. The van der Waals surface area contributed by atoms with Crippen LogP contribution in [-0.4, -0.2) is 28.4 Å². The fourth-order valence-corrected chi connectivity index (χ4v) is 2.28. The summed E-state index contributed by atoms with van der Waals surface area (Å²) in [5.41, 5.74) is 1.88. The standard InChI is InChI=1S/C19H17N3O4/c1-12(23)15-4-3-5-16(10-15)21-18(24)11-25-17-8-6-14(7-9-17)19-20-13(2)26-22-19/h3-10H,11H2,1-2H3,(H,21,24). The van der Waals surface area contributed by atoms with Crippen LogP contribution in [0, 0.1) is 6.92 Å². The van der Waals surface area contributed by atoms with Gasteiger partial charge in [0.2, 0.25) is 11.7 Å². The van der Waals surface area contributed by atoms with Crippen LogP contribution in [0.2, 0.25) is 0 Å². The number of aromatic nitrogens is 2. The van der Waals surface area contributed by atoms with E-state index in [4.69, 9.17) is 9.26 Å². The molecule has 1 amide bonds. The van der Waals surface area contributed by atoms with E-state index >= 15 is 0 Å². The van der Waals surface area contributed by atoms with Crippen molar-refractivity contribution in [3.8, 4) is 17.1 Å². The van der Waals surface area contributed by atoms with Crippen LogP contribution in [0.5, 0.6) is 5.75 Å². The fourth-order valence-electron chi connectivity index (χ4n) is 2.28. The lowest BCUT2D eigenvalue weighted by atomic mass is 10.1. The van der Waals surface area contributed by atoms with Crippen molar-refractivity contribution in [3.05, 3.63) is 60.0 Å². The van der Waals surface area contributed by atoms with Crippen molar-refractivity contribution in [2.24, 2.45) is 0 Å². The average molecular weight is 351 g/mol. The van der Waals surface area contributed by atoms with Crippen molar-refractivity contribution >= 4 is 17.4 Å². The van der Waals surface area contributed by atoms with Crippen molar-refractivity contribution in [1.29, 1.82) is 0 Å². The molecule has 1 heterocycles. The van der Waals surface area contributed by atoms with E-state index in [0.717, 1.165) is 5.56 Å². The molecule has 0 saturated carbocycles. The number of hydrogen-bond donors (Lipinski definition) is 1. The van der Waals surface area contributed by atoms with Gasteiger partial charge in [-0.2, -0.15) is 4.98 Å². The lowest BCUT2D eigenvalue weighted by Crippen LogP contribution is -2.20. The molecule has 2 aromatic carbocycles. The Hall–Kier alpha value is -3.48. The number of rotatable bonds is 6. The van der Waals surface area contributed by atoms with E-state index in [2.05, 4.69) is 15.5 Å². The molecule has 1 aromatic heterocycles. The third-order valence-electron chi connectivity index (χ3n) is 3.56. The number of nitrogens with one attached hydrogen (secondary N) is 1. The normalized spacial score (nSPS) is 10.4. The third kappa shape index (κ3) is 4.32. The van der Waals surface area contributed by atoms with Crippen LogP contribution in [0.25, 0.3) is 11.4 Å². The maximum Gasteiger partial charge on any atom is 0.262 e. The number of carbonyl (C=O) groups is 2. The van der Waals surface area contributed by atoms with Crippen molar-refractivity contribution < 1.29 is 18.8 Å². The molecule has 0 aliphatic rings. The quantitative estimate of drug-likeness (QED) is 0.685. The van der Waals surface area contributed by atoms with Gasteiger partial charge in [-0.3, -0.25) is 9.59 Å². The summed E-state index contributed by atoms with van der Waals surface area (Å²) in [5, 5.41) is 6.54. The summed E-state index contributed by atoms with van der Waals surface area (Å²) in [5.74, 6) is 1.15. The molecule has 0 aliphatic heterocycles. The Morgan fingerprint density at radius 1 is 1.15 bits per heavy atom. The van der Waals surface area contributed by atoms with Gasteiger partial charge in [0.1, 0.15) is 5.75 Å². The van der Waals surface area contributed by atoms with Crippen LogP contribution < -0.4 is 10.1 Å². The minimum atomic E-state index is -0.316. The van der Waals surface area contributed by atoms with Crippen molar-refractivity contribution in [2.75, 3.05) is 11.9 Å². The predicted octanol–water partition coefficient (Wildman–Crippen LogP) is 3.27. The highest BCUT2D eigenvalue weighted by Crippen LogP contribution is 2.20. The Kier molecular flexibility index (Phi) is 5.07. The summed E-state index contributed by atoms with van der Waals surface area (Å²) < 4.78 is 10.4. The summed E-state index contributed by atoms with van der Waals surface area (Å²) in [6.45, 7) is 3.05. The highest BCUT2D eigenvalue weighted by atomic mass is 16.5. The molecule has 1 N–H and O–H groups in total. The molecule has 0 aliphatic carbocycles. The number of hydrogen-bond acceptors (Lipinski definition) is 6. The lowest BCUT2D eigenvalue weighted by molar-refractivity contribution is -0.118. The van der Waals surface area contributed by atoms with Gasteiger partial charge in [0.05, 0.1) is 0 Å². The summed E-state index contributed by atoms with van der Waals surface area (Å²) in [6.07, 6.45) is 0. The molecule has 0 saturated heterocycles. The fraction of sp³-hybridized carbons (Fsp3) is 0.158. The van der Waals surface area contributed by atoms with Crippen molar-refractivity contribution in [1.82, 2.24) is 10.1 Å². The van der Waals surface area contributed by atoms with Gasteiger partial charge < -0.3 is 14.6 Å². The van der Waals surface area contributed by atoms with E-state index < -0.39 is 0 Å². The van der Waals surface area contributed by atoms with Crippen LogP contribution in [0.15, 0.2) is 53.1 Å². The molecule has 0 radical (unpaired) electrons. The zero-order valence-corrected chi connectivity index (χ0v) is 14.4. The minimum absolute atomic E-state index is 0.0609. The largest absolute Gasteiger partial charge is 0.484 e. The maximum absolute atomic E-state index is 12.0. The van der Waals surface area contributed by atoms with E-state index in [0.29, 0.717) is 28.7 Å². The molecule has 132 valence electrons. The first kappa shape index (κ1) is 17.3. The molecule has 3 rings (SSSR count). The monoisotopic (exact) mass is 351 g/mol. The summed E-state index contributed by atoms with van der Waals surface area (Å²) >= 11 is 0. The second-order valence-electron chi connectivity index (χ2n) is 5.64. The van der Waals surface area contributed by atoms with E-state index in [1.54, 1.807) is 55.5 Å². The van der Waals surface area contributed by atoms with Gasteiger partial charge >= 0.3 is 0 Å². The Balaban J connectivity index is 1.56. The number of anilines is 1. The molecule has 7 heteroatoms. The number of carbonyl (C=O) groups excluding carboxylic acids is 2. The first-order valence-corrected chi connectivity index (χ1v) is 7.95. The van der Waals surface area contributed by atoms with Gasteiger partial charge in [0.25, 0.3) is 5.91 Å². The van der Waals surface area contributed by atoms with Crippen molar-refractivity contribution in [3.63, 3.8) is 0 Å². The molecule has 0 unspecified atom stereocenters. The second kappa shape index (κ2) is 7.60. The minimum Gasteiger partial charge on any atom is -0.484 e. The molecule has 3 aromatic rings. The number of benzene rings is 2. The SMILES string of the molecule is CC(=O)c1cccc(NC(=O)COc2ccc(-c3noc(C)n3)cc2)c1. The Bertz CT molecular complexity index is 932. The Morgan fingerprint density at radius 3 is 2.58 bits per heavy atom. The van der Waals surface area contributed by atoms with Crippen LogP contribution in [0.1, 0.15) is 23.2 Å². The summed E-state index contributed by atoms with van der Waals surface area (Å²) in [4.78, 5) is 27.5. The highest BCUT2D eigenvalue weighted by molar-refractivity contribution is 5.97. The number of Topliss-reactive ketones (excluding diaryl/α,β-unsaturated/α-hetero) is 1. The molecule has 0 atom stereocenters. The maximum atomic E-state index is 12.0. The number of ketones is 1. The first-order valence-electron chi connectivity index (χ1n) is 7.95. The van der Waals surface area contributed by atoms with Gasteiger partial charge in [-0.15, -0.1) is 0 Å². The predicted molar refractivity (Wildman–Crippen MR) is 95.0 cm³/mol. The zero-order chi connectivity index (χ0) is 18.5. The Labute approximate surface area is 150 Å². The van der Waals surface area contributed by atoms with Gasteiger partial charge in [-0.05, 0) is 43.3 Å². The molecule has 26 heavy (non-hydrogen) atoms. The first-order chi connectivity index (χ1) is 12.5.